The second kappa shape index (κ2) is 6.63. The van der Waals surface area contributed by atoms with Crippen LogP contribution in [0.3, 0.4) is 0 Å². The topological polar surface area (TPSA) is 35.2 Å². The van der Waals surface area contributed by atoms with Gasteiger partial charge in [0, 0.05) is 6.54 Å². The Morgan fingerprint density at radius 1 is 0.850 bits per heavy atom. The lowest BCUT2D eigenvalue weighted by atomic mass is 10.2. The highest BCUT2D eigenvalue weighted by Crippen LogP contribution is 2.31. The Bertz CT molecular complexity index is 538. The Morgan fingerprint density at radius 2 is 1.30 bits per heavy atom. The molecule has 2 nitrogen and oxygen atoms in total. The van der Waals surface area contributed by atoms with E-state index in [-0.39, 0.29) is 12.4 Å². The van der Waals surface area contributed by atoms with Crippen LogP contribution in [-0.4, -0.2) is 0 Å². The SMILES string of the molecule is Cl.NCc1ccc(Oc2ccc(C(F)(F)F)cc2)cc1. The molecule has 0 aromatic heterocycles. The molecule has 0 aliphatic heterocycles. The lowest BCUT2D eigenvalue weighted by Gasteiger charge is -2.09. The quantitative estimate of drug-likeness (QED) is 0.913. The van der Waals surface area contributed by atoms with Gasteiger partial charge in [-0.25, -0.2) is 0 Å². The molecule has 0 unspecified atom stereocenters. The molecule has 0 bridgehead atoms. The molecule has 0 aliphatic rings. The summed E-state index contributed by atoms with van der Waals surface area (Å²) in [4.78, 5) is 0. The molecule has 20 heavy (non-hydrogen) atoms. The molecule has 0 saturated heterocycles. The van der Waals surface area contributed by atoms with E-state index in [0.29, 0.717) is 18.0 Å². The number of benzene rings is 2. The second-order valence-electron chi connectivity index (χ2n) is 3.97. The van der Waals surface area contributed by atoms with E-state index in [0.717, 1.165) is 17.7 Å². The number of ether oxygens (including phenoxy) is 1. The molecule has 0 radical (unpaired) electrons. The lowest BCUT2D eigenvalue weighted by Crippen LogP contribution is -2.04. The minimum Gasteiger partial charge on any atom is -0.457 e. The highest BCUT2D eigenvalue weighted by Gasteiger charge is 2.29. The number of nitrogens with two attached hydrogens (primary N) is 1. The van der Waals surface area contributed by atoms with Crippen LogP contribution in [-0.2, 0) is 12.7 Å². The number of halogens is 4. The summed E-state index contributed by atoms with van der Waals surface area (Å²) in [5, 5.41) is 0. The summed E-state index contributed by atoms with van der Waals surface area (Å²) in [6, 6.07) is 11.6. The van der Waals surface area contributed by atoms with Crippen molar-refractivity contribution in [1.82, 2.24) is 0 Å². The van der Waals surface area contributed by atoms with Crippen LogP contribution in [0.25, 0.3) is 0 Å². The molecule has 0 atom stereocenters. The Balaban J connectivity index is 0.00000200. The minimum absolute atomic E-state index is 0. The predicted octanol–water partition coefficient (Wildman–Crippen LogP) is 4.38. The average molecular weight is 304 g/mol. The van der Waals surface area contributed by atoms with E-state index >= 15 is 0 Å². The number of hydrogen-bond acceptors (Lipinski definition) is 2. The fourth-order valence-corrected chi connectivity index (χ4v) is 1.54. The summed E-state index contributed by atoms with van der Waals surface area (Å²) < 4.78 is 42.6. The molecule has 0 amide bonds. The van der Waals surface area contributed by atoms with E-state index in [2.05, 4.69) is 0 Å². The minimum atomic E-state index is -4.33. The maximum atomic E-state index is 12.4. The number of rotatable bonds is 3. The van der Waals surface area contributed by atoms with Gasteiger partial charge in [0.1, 0.15) is 11.5 Å². The largest absolute Gasteiger partial charge is 0.457 e. The zero-order chi connectivity index (χ0) is 13.9. The second-order valence-corrected chi connectivity index (χ2v) is 3.97. The Morgan fingerprint density at radius 3 is 1.70 bits per heavy atom. The Kier molecular flexibility index (Phi) is 5.42. The molecule has 2 rings (SSSR count). The molecule has 0 aliphatic carbocycles. The summed E-state index contributed by atoms with van der Waals surface area (Å²) in [5.74, 6) is 0.908. The molecule has 2 aromatic rings. The normalized spacial score (nSPS) is 10.8. The van der Waals surface area contributed by atoms with Crippen molar-refractivity contribution < 1.29 is 17.9 Å². The molecule has 0 fully saturated rings. The van der Waals surface area contributed by atoms with Crippen LogP contribution in [0.5, 0.6) is 11.5 Å². The van der Waals surface area contributed by atoms with E-state index in [1.54, 1.807) is 24.3 Å². The van der Waals surface area contributed by atoms with Gasteiger partial charge in [-0.1, -0.05) is 12.1 Å². The third kappa shape index (κ3) is 4.15. The first kappa shape index (κ1) is 16.3. The molecule has 6 heteroatoms. The summed E-state index contributed by atoms with van der Waals surface area (Å²) in [5.41, 5.74) is 5.72. The van der Waals surface area contributed by atoms with Crippen molar-refractivity contribution >= 4 is 12.4 Å². The first-order chi connectivity index (χ1) is 8.99. The van der Waals surface area contributed by atoms with Gasteiger partial charge >= 0.3 is 6.18 Å². The van der Waals surface area contributed by atoms with Crippen molar-refractivity contribution in [3.05, 3.63) is 59.7 Å². The summed E-state index contributed by atoms with van der Waals surface area (Å²) in [7, 11) is 0. The first-order valence-electron chi connectivity index (χ1n) is 5.63. The molecule has 0 saturated carbocycles. The molecule has 0 heterocycles. The molecule has 108 valence electrons. The fraction of sp³-hybridized carbons (Fsp3) is 0.143. The highest BCUT2D eigenvalue weighted by molar-refractivity contribution is 5.85. The monoisotopic (exact) mass is 303 g/mol. The van der Waals surface area contributed by atoms with Crippen molar-refractivity contribution in [2.45, 2.75) is 12.7 Å². The molecular formula is C14H13ClF3NO. The molecular weight excluding hydrogens is 291 g/mol. The van der Waals surface area contributed by atoms with Crippen LogP contribution in [0.15, 0.2) is 48.5 Å². The van der Waals surface area contributed by atoms with Crippen LogP contribution >= 0.6 is 12.4 Å². The van der Waals surface area contributed by atoms with Gasteiger partial charge in [0.05, 0.1) is 5.56 Å². The summed E-state index contributed by atoms with van der Waals surface area (Å²) in [6.45, 7) is 0.431. The van der Waals surface area contributed by atoms with Gasteiger partial charge in [0.15, 0.2) is 0 Å². The van der Waals surface area contributed by atoms with Gasteiger partial charge < -0.3 is 10.5 Å². The number of alkyl halides is 3. The van der Waals surface area contributed by atoms with E-state index < -0.39 is 11.7 Å². The molecule has 2 N–H and O–H groups in total. The summed E-state index contributed by atoms with van der Waals surface area (Å²) >= 11 is 0. The first-order valence-corrected chi connectivity index (χ1v) is 5.63. The van der Waals surface area contributed by atoms with Gasteiger partial charge in [-0.15, -0.1) is 12.4 Å². The van der Waals surface area contributed by atoms with Gasteiger partial charge in [-0.05, 0) is 42.0 Å². The third-order valence-corrected chi connectivity index (χ3v) is 2.58. The van der Waals surface area contributed by atoms with Crippen molar-refractivity contribution in [1.29, 1.82) is 0 Å². The maximum Gasteiger partial charge on any atom is 0.416 e. The van der Waals surface area contributed by atoms with Gasteiger partial charge in [0.2, 0.25) is 0 Å². The van der Waals surface area contributed by atoms with Crippen LogP contribution in [0.4, 0.5) is 13.2 Å². The predicted molar refractivity (Wildman–Crippen MR) is 73.1 cm³/mol. The lowest BCUT2D eigenvalue weighted by molar-refractivity contribution is -0.137. The summed E-state index contributed by atoms with van der Waals surface area (Å²) in [6.07, 6.45) is -4.33. The Labute approximate surface area is 120 Å². The zero-order valence-corrected chi connectivity index (χ0v) is 11.2. The number of hydrogen-bond donors (Lipinski definition) is 1. The maximum absolute atomic E-state index is 12.4. The molecule has 2 aromatic carbocycles. The van der Waals surface area contributed by atoms with E-state index in [4.69, 9.17) is 10.5 Å². The van der Waals surface area contributed by atoms with Crippen LogP contribution < -0.4 is 10.5 Å². The van der Waals surface area contributed by atoms with E-state index in [1.807, 2.05) is 0 Å². The van der Waals surface area contributed by atoms with E-state index in [9.17, 15) is 13.2 Å². The van der Waals surface area contributed by atoms with Crippen LogP contribution in [0.2, 0.25) is 0 Å². The van der Waals surface area contributed by atoms with Crippen molar-refractivity contribution in [2.24, 2.45) is 5.73 Å². The highest BCUT2D eigenvalue weighted by atomic mass is 35.5. The zero-order valence-electron chi connectivity index (χ0n) is 10.4. The van der Waals surface area contributed by atoms with Crippen molar-refractivity contribution in [3.8, 4) is 11.5 Å². The van der Waals surface area contributed by atoms with Crippen LogP contribution in [0.1, 0.15) is 11.1 Å². The standard InChI is InChI=1S/C14H12F3NO.ClH/c15-14(16,17)11-3-7-13(8-4-11)19-12-5-1-10(9-18)2-6-12;/h1-8H,9,18H2;1H. The smallest absolute Gasteiger partial charge is 0.416 e. The van der Waals surface area contributed by atoms with Gasteiger partial charge in [-0.3, -0.25) is 0 Å². The Hall–Kier alpha value is -1.72. The van der Waals surface area contributed by atoms with Gasteiger partial charge in [-0.2, -0.15) is 13.2 Å². The van der Waals surface area contributed by atoms with Gasteiger partial charge in [0.25, 0.3) is 0 Å². The third-order valence-electron chi connectivity index (χ3n) is 2.58. The van der Waals surface area contributed by atoms with E-state index in [1.165, 1.54) is 12.1 Å². The van der Waals surface area contributed by atoms with Crippen molar-refractivity contribution in [3.63, 3.8) is 0 Å². The van der Waals surface area contributed by atoms with Crippen molar-refractivity contribution in [2.75, 3.05) is 0 Å². The average Bonchev–Trinajstić information content (AvgIpc) is 2.39. The molecule has 0 spiro atoms. The van der Waals surface area contributed by atoms with Crippen LogP contribution in [0, 0.1) is 0 Å². The fourth-order valence-electron chi connectivity index (χ4n) is 1.54.